The van der Waals surface area contributed by atoms with E-state index in [1.54, 1.807) is 4.90 Å². The van der Waals surface area contributed by atoms with Crippen LogP contribution in [-0.2, 0) is 32.2 Å². The number of ether oxygens (including phenoxy) is 6. The number of benzene rings is 4. The summed E-state index contributed by atoms with van der Waals surface area (Å²) in [5.74, 6) is 1.74. The highest BCUT2D eigenvalue weighted by atomic mass is 28.3. The number of para-hydroxylation sites is 1. The molecule has 0 aliphatic carbocycles. The molecule has 280 valence electrons. The zero-order valence-corrected chi connectivity index (χ0v) is 32.9. The van der Waals surface area contributed by atoms with Crippen LogP contribution >= 0.6 is 0 Å². The summed E-state index contributed by atoms with van der Waals surface area (Å²) in [7, 11) is -1.12. The molecule has 1 saturated heterocycles. The van der Waals surface area contributed by atoms with Crippen molar-refractivity contribution >= 4 is 24.9 Å². The minimum atomic E-state index is -1.12. The number of hydrogen-bond acceptors (Lipinski definition) is 7. The average molecular weight is 728 g/mol. The van der Waals surface area contributed by atoms with Gasteiger partial charge in [-0.3, -0.25) is 0 Å². The van der Waals surface area contributed by atoms with E-state index in [1.165, 1.54) is 16.3 Å². The van der Waals surface area contributed by atoms with Gasteiger partial charge in [0.05, 0.1) is 39.1 Å². The van der Waals surface area contributed by atoms with Gasteiger partial charge in [0.15, 0.2) is 6.79 Å². The van der Waals surface area contributed by atoms with E-state index in [-0.39, 0.29) is 24.9 Å². The summed E-state index contributed by atoms with van der Waals surface area (Å²) in [6.45, 7) is 16.8. The van der Waals surface area contributed by atoms with Crippen LogP contribution in [0.15, 0.2) is 91.0 Å². The number of amides is 1. The maximum absolute atomic E-state index is 13.0. The molecular formula is C43H57NO7Si. The first kappa shape index (κ1) is 39.3. The van der Waals surface area contributed by atoms with Crippen LogP contribution in [-0.4, -0.2) is 70.5 Å². The van der Waals surface area contributed by atoms with E-state index in [4.69, 9.17) is 28.4 Å². The molecule has 9 heteroatoms. The number of hydrogen-bond donors (Lipinski definition) is 0. The van der Waals surface area contributed by atoms with Crippen molar-refractivity contribution in [3.63, 3.8) is 0 Å². The number of carbonyl (C=O) groups is 1. The first-order valence-electron chi connectivity index (χ1n) is 18.6. The highest BCUT2D eigenvalue weighted by Crippen LogP contribution is 2.33. The Morgan fingerprint density at radius 2 is 1.56 bits per heavy atom. The Morgan fingerprint density at radius 1 is 0.808 bits per heavy atom. The van der Waals surface area contributed by atoms with Gasteiger partial charge >= 0.3 is 6.09 Å². The highest BCUT2D eigenvalue weighted by molar-refractivity contribution is 6.76. The molecule has 0 spiro atoms. The van der Waals surface area contributed by atoms with Gasteiger partial charge in [-0.05, 0) is 79.4 Å². The molecule has 0 bridgehead atoms. The fourth-order valence-corrected chi connectivity index (χ4v) is 6.90. The minimum absolute atomic E-state index is 0.130. The first-order valence-corrected chi connectivity index (χ1v) is 22.3. The maximum atomic E-state index is 13.0. The summed E-state index contributed by atoms with van der Waals surface area (Å²) >= 11 is 0. The molecule has 5 rings (SSSR count). The van der Waals surface area contributed by atoms with E-state index in [2.05, 4.69) is 68.2 Å². The van der Waals surface area contributed by atoms with E-state index in [0.717, 1.165) is 48.1 Å². The van der Waals surface area contributed by atoms with Gasteiger partial charge in [0.25, 0.3) is 0 Å². The van der Waals surface area contributed by atoms with Gasteiger partial charge in [-0.2, -0.15) is 0 Å². The summed E-state index contributed by atoms with van der Waals surface area (Å²) in [5, 5.41) is 2.39. The first-order chi connectivity index (χ1) is 24.9. The molecule has 4 aromatic carbocycles. The quantitative estimate of drug-likeness (QED) is 0.0609. The fraction of sp³-hybridized carbons (Fsp3) is 0.465. The zero-order chi connectivity index (χ0) is 37.0. The van der Waals surface area contributed by atoms with Gasteiger partial charge in [0, 0.05) is 39.1 Å². The van der Waals surface area contributed by atoms with Crippen molar-refractivity contribution in [2.45, 2.75) is 90.1 Å². The molecule has 0 N–H and O–H groups in total. The van der Waals surface area contributed by atoms with Crippen LogP contribution in [0, 0.1) is 0 Å². The smallest absolute Gasteiger partial charge is 0.410 e. The molecule has 0 aromatic heterocycles. The second-order valence-electron chi connectivity index (χ2n) is 15.8. The molecule has 0 radical (unpaired) electrons. The summed E-state index contributed by atoms with van der Waals surface area (Å²) in [4.78, 5) is 14.8. The Kier molecular flexibility index (Phi) is 14.2. The third-order valence-electron chi connectivity index (χ3n) is 9.02. The van der Waals surface area contributed by atoms with Gasteiger partial charge in [0.1, 0.15) is 17.1 Å². The van der Waals surface area contributed by atoms with Gasteiger partial charge in [-0.1, -0.05) is 86.4 Å². The highest BCUT2D eigenvalue weighted by Gasteiger charge is 2.35. The van der Waals surface area contributed by atoms with Gasteiger partial charge in [-0.15, -0.1) is 0 Å². The molecule has 52 heavy (non-hydrogen) atoms. The Hall–Kier alpha value is -3.89. The lowest BCUT2D eigenvalue weighted by Crippen LogP contribution is -2.48. The summed E-state index contributed by atoms with van der Waals surface area (Å²) in [6, 6.07) is 32.1. The second-order valence-corrected chi connectivity index (χ2v) is 21.4. The molecule has 2 atom stereocenters. The van der Waals surface area contributed by atoms with Gasteiger partial charge in [0.2, 0.25) is 0 Å². The number of nitrogens with zero attached hydrogens (tertiary/aromatic N) is 1. The maximum Gasteiger partial charge on any atom is 0.410 e. The Morgan fingerprint density at radius 3 is 2.33 bits per heavy atom. The van der Waals surface area contributed by atoms with Crippen molar-refractivity contribution in [2.24, 2.45) is 0 Å². The number of piperidine rings is 1. The topological polar surface area (TPSA) is 75.7 Å². The van der Waals surface area contributed by atoms with Crippen molar-refractivity contribution in [3.8, 4) is 11.5 Å². The Balaban J connectivity index is 1.09. The van der Waals surface area contributed by atoms with Crippen LogP contribution in [0.5, 0.6) is 11.5 Å². The van der Waals surface area contributed by atoms with Crippen LogP contribution in [0.25, 0.3) is 10.8 Å². The molecule has 0 saturated carbocycles. The third kappa shape index (κ3) is 12.7. The lowest BCUT2D eigenvalue weighted by atomic mass is 9.87. The minimum Gasteiger partial charge on any atom is -0.494 e. The predicted octanol–water partition coefficient (Wildman–Crippen LogP) is 9.83. The van der Waals surface area contributed by atoms with Gasteiger partial charge < -0.3 is 33.3 Å². The van der Waals surface area contributed by atoms with Crippen LogP contribution in [0.2, 0.25) is 25.7 Å². The van der Waals surface area contributed by atoms with Crippen LogP contribution in [0.4, 0.5) is 4.79 Å². The molecule has 1 amide bonds. The van der Waals surface area contributed by atoms with E-state index < -0.39 is 13.7 Å². The number of fused-ring (bicyclic) bond motifs is 1. The Labute approximate surface area is 311 Å². The van der Waals surface area contributed by atoms with Crippen LogP contribution < -0.4 is 9.47 Å². The SMILES string of the molecule is CC(C)(C)OC(=O)N1CCC(c2ccc(OCCCOCc3ccccc3OCOCC[Si](C)(C)C)cc2)C(OCc2ccc3ccccc3c2)C1. The number of likely N-dealkylation sites (tertiary alicyclic amines) is 1. The monoisotopic (exact) mass is 727 g/mol. The molecule has 1 aliphatic heterocycles. The van der Waals surface area contributed by atoms with Crippen LogP contribution in [0.1, 0.15) is 56.2 Å². The molecule has 1 fully saturated rings. The lowest BCUT2D eigenvalue weighted by Gasteiger charge is -2.39. The predicted molar refractivity (Wildman–Crippen MR) is 210 cm³/mol. The van der Waals surface area contributed by atoms with E-state index in [9.17, 15) is 4.79 Å². The third-order valence-corrected chi connectivity index (χ3v) is 10.7. The second kappa shape index (κ2) is 18.7. The Bertz CT molecular complexity index is 1700. The molecular weight excluding hydrogens is 671 g/mol. The normalized spacial score (nSPS) is 16.5. The van der Waals surface area contributed by atoms with E-state index in [1.807, 2.05) is 63.2 Å². The van der Waals surface area contributed by atoms with E-state index in [0.29, 0.717) is 39.5 Å². The number of carbonyl (C=O) groups excluding carboxylic acids is 1. The molecule has 2 unspecified atom stereocenters. The fourth-order valence-electron chi connectivity index (χ4n) is 6.14. The largest absolute Gasteiger partial charge is 0.494 e. The molecule has 1 heterocycles. The van der Waals surface area contributed by atoms with E-state index >= 15 is 0 Å². The van der Waals surface area contributed by atoms with Crippen molar-refractivity contribution in [1.82, 2.24) is 4.90 Å². The van der Waals surface area contributed by atoms with Gasteiger partial charge in [-0.25, -0.2) is 4.79 Å². The summed E-state index contributed by atoms with van der Waals surface area (Å²) in [5.41, 5.74) is 2.73. The van der Waals surface area contributed by atoms with Crippen molar-refractivity contribution in [3.05, 3.63) is 108 Å². The summed E-state index contributed by atoms with van der Waals surface area (Å²) < 4.78 is 35.9. The lowest BCUT2D eigenvalue weighted by molar-refractivity contribution is -0.0359. The molecule has 4 aromatic rings. The molecule has 8 nitrogen and oxygen atoms in total. The zero-order valence-electron chi connectivity index (χ0n) is 31.9. The van der Waals surface area contributed by atoms with Crippen molar-refractivity contribution in [2.75, 3.05) is 39.7 Å². The van der Waals surface area contributed by atoms with Crippen molar-refractivity contribution in [1.29, 1.82) is 0 Å². The number of rotatable bonds is 17. The van der Waals surface area contributed by atoms with Crippen molar-refractivity contribution < 1.29 is 33.2 Å². The summed E-state index contributed by atoms with van der Waals surface area (Å²) in [6.07, 6.45) is 1.06. The molecule has 1 aliphatic rings. The average Bonchev–Trinajstić information content (AvgIpc) is 3.11. The standard InChI is InChI=1S/C43H57NO7Si/c1-43(2,3)51-42(45)44-23-22-39(41(29-44)49-30-33-16-17-34-12-7-8-13-36(34)28-33)35-18-20-38(21-19-35)48-25-11-24-46-31-37-14-9-10-15-40(37)50-32-47-26-27-52(4,5)6/h7-10,12-21,28,39,41H,11,22-27,29-32H2,1-6H3. The van der Waals surface area contributed by atoms with Crippen LogP contribution in [0.3, 0.4) is 0 Å².